The third-order valence-electron chi connectivity index (χ3n) is 3.12. The second-order valence-electron chi connectivity index (χ2n) is 4.90. The molecule has 0 atom stereocenters. The average molecular weight is 345 g/mol. The summed E-state index contributed by atoms with van der Waals surface area (Å²) in [5.74, 6) is -0.781. The number of aryl methyl sites for hydroxylation is 2. The Labute approximate surface area is 132 Å². The SMILES string of the molecule is Cc1ccc(NS(=O)(=O)c2ccccc2OC(F)(F)F)cc1C. The molecule has 0 unspecified atom stereocenters. The minimum absolute atomic E-state index is 0.259. The van der Waals surface area contributed by atoms with E-state index in [-0.39, 0.29) is 5.69 Å². The zero-order chi connectivity index (χ0) is 17.3. The zero-order valence-corrected chi connectivity index (χ0v) is 13.1. The highest BCUT2D eigenvalue weighted by molar-refractivity contribution is 7.92. The lowest BCUT2D eigenvalue weighted by atomic mass is 10.1. The van der Waals surface area contributed by atoms with Crippen molar-refractivity contribution >= 4 is 15.7 Å². The first-order valence-corrected chi connectivity index (χ1v) is 8.02. The summed E-state index contributed by atoms with van der Waals surface area (Å²) in [5.41, 5.74) is 2.08. The van der Waals surface area contributed by atoms with E-state index in [0.29, 0.717) is 0 Å². The van der Waals surface area contributed by atoms with Gasteiger partial charge in [0.15, 0.2) is 0 Å². The Balaban J connectivity index is 2.38. The van der Waals surface area contributed by atoms with E-state index in [4.69, 9.17) is 0 Å². The maximum absolute atomic E-state index is 12.4. The van der Waals surface area contributed by atoms with Crippen molar-refractivity contribution in [1.29, 1.82) is 0 Å². The largest absolute Gasteiger partial charge is 0.573 e. The van der Waals surface area contributed by atoms with Gasteiger partial charge in [0, 0.05) is 5.69 Å². The minimum Gasteiger partial charge on any atom is -0.404 e. The van der Waals surface area contributed by atoms with Crippen molar-refractivity contribution in [2.45, 2.75) is 25.1 Å². The number of halogens is 3. The Morgan fingerprint density at radius 2 is 1.65 bits per heavy atom. The number of para-hydroxylation sites is 1. The molecule has 0 bridgehead atoms. The van der Waals surface area contributed by atoms with Gasteiger partial charge < -0.3 is 4.74 Å². The van der Waals surface area contributed by atoms with Gasteiger partial charge in [-0.1, -0.05) is 18.2 Å². The summed E-state index contributed by atoms with van der Waals surface area (Å²) in [6, 6.07) is 9.42. The van der Waals surface area contributed by atoms with Crippen LogP contribution >= 0.6 is 0 Å². The van der Waals surface area contributed by atoms with Crippen molar-refractivity contribution in [1.82, 2.24) is 0 Å². The number of anilines is 1. The molecule has 4 nitrogen and oxygen atoms in total. The topological polar surface area (TPSA) is 55.4 Å². The standard InChI is InChI=1S/C15H14F3NO3S/c1-10-7-8-12(9-11(10)2)19-23(20,21)14-6-4-3-5-13(14)22-15(16,17)18/h3-9,19H,1-2H3. The van der Waals surface area contributed by atoms with Gasteiger partial charge in [0.1, 0.15) is 10.6 Å². The number of rotatable bonds is 4. The van der Waals surface area contributed by atoms with Crippen molar-refractivity contribution in [2.75, 3.05) is 4.72 Å². The maximum Gasteiger partial charge on any atom is 0.573 e. The molecular formula is C15H14F3NO3S. The van der Waals surface area contributed by atoms with Crippen molar-refractivity contribution in [3.63, 3.8) is 0 Å². The number of ether oxygens (including phenoxy) is 1. The van der Waals surface area contributed by atoms with Crippen LogP contribution in [0.25, 0.3) is 0 Å². The summed E-state index contributed by atoms with van der Waals surface area (Å²) in [5, 5.41) is 0. The Hall–Kier alpha value is -2.22. The van der Waals surface area contributed by atoms with Crippen molar-refractivity contribution < 1.29 is 26.3 Å². The minimum atomic E-state index is -4.98. The van der Waals surface area contributed by atoms with Gasteiger partial charge >= 0.3 is 6.36 Å². The molecule has 1 N–H and O–H groups in total. The first-order valence-electron chi connectivity index (χ1n) is 6.53. The quantitative estimate of drug-likeness (QED) is 0.911. The predicted octanol–water partition coefficient (Wildman–Crippen LogP) is 4.00. The van der Waals surface area contributed by atoms with Crippen LogP contribution in [0.1, 0.15) is 11.1 Å². The summed E-state index contributed by atoms with van der Waals surface area (Å²) >= 11 is 0. The van der Waals surface area contributed by atoms with Gasteiger partial charge in [0.25, 0.3) is 10.0 Å². The molecule has 0 saturated heterocycles. The summed E-state index contributed by atoms with van der Waals surface area (Å²) in [4.78, 5) is -0.587. The molecule has 0 saturated carbocycles. The van der Waals surface area contributed by atoms with Crippen LogP contribution in [0, 0.1) is 13.8 Å². The lowest BCUT2D eigenvalue weighted by Crippen LogP contribution is -2.20. The van der Waals surface area contributed by atoms with E-state index in [1.165, 1.54) is 18.2 Å². The molecule has 0 aliphatic heterocycles. The summed E-state index contributed by atoms with van der Waals surface area (Å²) in [6.45, 7) is 3.66. The lowest BCUT2D eigenvalue weighted by molar-refractivity contribution is -0.275. The van der Waals surface area contributed by atoms with Crippen molar-refractivity contribution in [2.24, 2.45) is 0 Å². The van der Waals surface area contributed by atoms with Gasteiger partial charge in [-0.25, -0.2) is 8.42 Å². The van der Waals surface area contributed by atoms with Crippen LogP contribution in [-0.2, 0) is 10.0 Å². The second kappa shape index (κ2) is 6.11. The summed E-state index contributed by atoms with van der Waals surface area (Å²) in [7, 11) is -4.22. The van der Waals surface area contributed by atoms with Gasteiger partial charge in [-0.05, 0) is 49.2 Å². The Kier molecular flexibility index (Phi) is 4.56. The molecular weight excluding hydrogens is 331 g/mol. The maximum atomic E-state index is 12.4. The molecule has 0 aliphatic rings. The predicted molar refractivity (Wildman–Crippen MR) is 79.8 cm³/mol. The van der Waals surface area contributed by atoms with Gasteiger partial charge in [-0.15, -0.1) is 13.2 Å². The van der Waals surface area contributed by atoms with Gasteiger partial charge in [-0.3, -0.25) is 4.72 Å². The molecule has 2 aromatic rings. The van der Waals surface area contributed by atoms with Crippen LogP contribution in [0.5, 0.6) is 5.75 Å². The van der Waals surface area contributed by atoms with Gasteiger partial charge in [-0.2, -0.15) is 0 Å². The molecule has 0 spiro atoms. The molecule has 8 heteroatoms. The summed E-state index contributed by atoms with van der Waals surface area (Å²) in [6.07, 6.45) is -4.98. The monoisotopic (exact) mass is 345 g/mol. The highest BCUT2D eigenvalue weighted by Gasteiger charge is 2.34. The molecule has 23 heavy (non-hydrogen) atoms. The van der Waals surface area contributed by atoms with Gasteiger partial charge in [0.05, 0.1) is 0 Å². The first kappa shape index (κ1) is 17.1. The zero-order valence-electron chi connectivity index (χ0n) is 12.3. The fraction of sp³-hybridized carbons (Fsp3) is 0.200. The Morgan fingerprint density at radius 3 is 2.26 bits per heavy atom. The van der Waals surface area contributed by atoms with E-state index in [0.717, 1.165) is 23.3 Å². The number of nitrogens with one attached hydrogen (secondary N) is 1. The number of hydrogen-bond donors (Lipinski definition) is 1. The van der Waals surface area contributed by atoms with E-state index >= 15 is 0 Å². The number of alkyl halides is 3. The van der Waals surface area contributed by atoms with E-state index in [1.807, 2.05) is 6.92 Å². The first-order chi connectivity index (χ1) is 10.6. The van der Waals surface area contributed by atoms with Crippen LogP contribution in [0.15, 0.2) is 47.4 Å². The van der Waals surface area contributed by atoms with Crippen molar-refractivity contribution in [3.8, 4) is 5.75 Å². The second-order valence-corrected chi connectivity index (χ2v) is 6.55. The number of benzene rings is 2. The van der Waals surface area contributed by atoms with Crippen molar-refractivity contribution in [3.05, 3.63) is 53.6 Å². The summed E-state index contributed by atoms with van der Waals surface area (Å²) < 4.78 is 67.9. The number of hydrogen-bond acceptors (Lipinski definition) is 3. The van der Waals surface area contributed by atoms with Crippen LogP contribution in [-0.4, -0.2) is 14.8 Å². The van der Waals surface area contributed by atoms with Gasteiger partial charge in [0.2, 0.25) is 0 Å². The fourth-order valence-corrected chi connectivity index (χ4v) is 3.08. The third-order valence-corrected chi connectivity index (χ3v) is 4.54. The van der Waals surface area contributed by atoms with E-state index in [1.54, 1.807) is 19.1 Å². The van der Waals surface area contributed by atoms with Crippen LogP contribution in [0.2, 0.25) is 0 Å². The molecule has 2 rings (SSSR count). The molecule has 124 valence electrons. The molecule has 0 heterocycles. The highest BCUT2D eigenvalue weighted by Crippen LogP contribution is 2.30. The highest BCUT2D eigenvalue weighted by atomic mass is 32.2. The normalized spacial score (nSPS) is 12.0. The van der Waals surface area contributed by atoms with Crippen LogP contribution in [0.4, 0.5) is 18.9 Å². The molecule has 0 aromatic heterocycles. The van der Waals surface area contributed by atoms with Crippen LogP contribution < -0.4 is 9.46 Å². The molecule has 2 aromatic carbocycles. The Morgan fingerprint density at radius 1 is 1.00 bits per heavy atom. The molecule has 0 radical (unpaired) electrons. The van der Waals surface area contributed by atoms with E-state index in [2.05, 4.69) is 9.46 Å². The fourth-order valence-electron chi connectivity index (χ4n) is 1.90. The average Bonchev–Trinajstić information content (AvgIpc) is 2.41. The van der Waals surface area contributed by atoms with Crippen LogP contribution in [0.3, 0.4) is 0 Å². The van der Waals surface area contributed by atoms with E-state index in [9.17, 15) is 21.6 Å². The third kappa shape index (κ3) is 4.38. The van der Waals surface area contributed by atoms with E-state index < -0.39 is 27.0 Å². The molecule has 0 amide bonds. The Bertz CT molecular complexity index is 817. The smallest absolute Gasteiger partial charge is 0.404 e. The lowest BCUT2D eigenvalue weighted by Gasteiger charge is -2.14. The molecule has 0 fully saturated rings. The number of sulfonamides is 1. The molecule has 0 aliphatic carbocycles.